The summed E-state index contributed by atoms with van der Waals surface area (Å²) in [4.78, 5) is 12.3. The fourth-order valence-electron chi connectivity index (χ4n) is 4.49. The lowest BCUT2D eigenvalue weighted by molar-refractivity contribution is 0.0531. The largest absolute Gasteiger partial charge is 0.494 e. The Labute approximate surface area is 196 Å². The first-order chi connectivity index (χ1) is 15.9. The molecule has 1 aromatic heterocycles. The van der Waals surface area contributed by atoms with Crippen molar-refractivity contribution < 1.29 is 14.3 Å². The van der Waals surface area contributed by atoms with E-state index in [1.165, 1.54) is 6.42 Å². The Kier molecular flexibility index (Phi) is 6.82. The van der Waals surface area contributed by atoms with E-state index in [1.807, 2.05) is 43.3 Å². The Morgan fingerprint density at radius 1 is 1.15 bits per heavy atom. The second kappa shape index (κ2) is 9.77. The van der Waals surface area contributed by atoms with Crippen LogP contribution in [0.2, 0.25) is 0 Å². The molecule has 1 heterocycles. The molecule has 1 unspecified atom stereocenters. The van der Waals surface area contributed by atoms with Crippen molar-refractivity contribution in [1.82, 2.24) is 4.57 Å². The van der Waals surface area contributed by atoms with Crippen molar-refractivity contribution in [3.8, 4) is 17.0 Å². The van der Waals surface area contributed by atoms with Crippen molar-refractivity contribution in [2.24, 2.45) is 5.92 Å². The third-order valence-electron chi connectivity index (χ3n) is 6.52. The van der Waals surface area contributed by atoms with Gasteiger partial charge in [-0.25, -0.2) is 4.79 Å². The number of anilines is 2. The van der Waals surface area contributed by atoms with Crippen molar-refractivity contribution in [3.63, 3.8) is 0 Å². The molecule has 3 N–H and O–H groups in total. The van der Waals surface area contributed by atoms with Crippen LogP contribution in [0.3, 0.4) is 0 Å². The Morgan fingerprint density at radius 2 is 1.88 bits per heavy atom. The molecule has 1 fully saturated rings. The molecule has 6 heteroatoms. The second-order valence-electron chi connectivity index (χ2n) is 9.26. The average Bonchev–Trinajstić information content (AvgIpc) is 3.03. The predicted molar refractivity (Wildman–Crippen MR) is 135 cm³/mol. The number of fused-ring (bicyclic) bond motifs is 1. The van der Waals surface area contributed by atoms with E-state index in [0.29, 0.717) is 18.2 Å². The molecule has 1 amide bonds. The first kappa shape index (κ1) is 23.0. The summed E-state index contributed by atoms with van der Waals surface area (Å²) in [5, 5.41) is 3.86. The van der Waals surface area contributed by atoms with E-state index in [4.69, 9.17) is 15.2 Å². The molecule has 0 bridgehead atoms. The first-order valence-electron chi connectivity index (χ1n) is 12.0. The molecule has 1 aliphatic carbocycles. The van der Waals surface area contributed by atoms with Crippen LogP contribution in [0.4, 0.5) is 16.2 Å². The molecule has 0 spiro atoms. The van der Waals surface area contributed by atoms with Gasteiger partial charge in [0.2, 0.25) is 0 Å². The lowest BCUT2D eigenvalue weighted by atomic mass is 9.82. The van der Waals surface area contributed by atoms with Gasteiger partial charge in [0.05, 0.1) is 23.5 Å². The fourth-order valence-corrected chi connectivity index (χ4v) is 4.49. The van der Waals surface area contributed by atoms with Crippen LogP contribution in [0, 0.1) is 5.92 Å². The fraction of sp³-hybridized carbons (Fsp3) is 0.444. The Balaban J connectivity index is 1.58. The SMILES string of the molecule is CCCOc1ccc2c(N)c(-c3ccc(NC(=O)OC(C)C4CCC4)cc3)n(C(C)C)c2c1. The number of carbonyl (C=O) groups excluding carboxylic acids is 1. The molecule has 4 rings (SSSR count). The van der Waals surface area contributed by atoms with Gasteiger partial charge in [0.1, 0.15) is 11.9 Å². The maximum absolute atomic E-state index is 12.3. The van der Waals surface area contributed by atoms with Crippen LogP contribution in [0.25, 0.3) is 22.2 Å². The van der Waals surface area contributed by atoms with Crippen LogP contribution in [0.1, 0.15) is 59.4 Å². The van der Waals surface area contributed by atoms with Gasteiger partial charge >= 0.3 is 6.09 Å². The number of nitrogen functional groups attached to an aromatic ring is 1. The van der Waals surface area contributed by atoms with E-state index < -0.39 is 6.09 Å². The van der Waals surface area contributed by atoms with E-state index in [-0.39, 0.29) is 12.1 Å². The number of carbonyl (C=O) groups is 1. The summed E-state index contributed by atoms with van der Waals surface area (Å²) in [5.74, 6) is 1.34. The van der Waals surface area contributed by atoms with Gasteiger partial charge in [-0.2, -0.15) is 0 Å². The maximum Gasteiger partial charge on any atom is 0.411 e. The normalized spacial score (nSPS) is 14.8. The summed E-state index contributed by atoms with van der Waals surface area (Å²) in [6.45, 7) is 9.05. The van der Waals surface area contributed by atoms with Gasteiger partial charge in [0, 0.05) is 28.7 Å². The topological polar surface area (TPSA) is 78.5 Å². The minimum atomic E-state index is -0.405. The minimum absolute atomic E-state index is 0.0502. The average molecular weight is 450 g/mol. The highest BCUT2D eigenvalue weighted by molar-refractivity contribution is 6.01. The molecular formula is C27H35N3O3. The van der Waals surface area contributed by atoms with Gasteiger partial charge < -0.3 is 19.8 Å². The smallest absolute Gasteiger partial charge is 0.411 e. The van der Waals surface area contributed by atoms with Crippen molar-refractivity contribution in [2.45, 2.75) is 65.5 Å². The number of aromatic nitrogens is 1. The van der Waals surface area contributed by atoms with Crippen molar-refractivity contribution >= 4 is 28.4 Å². The number of nitrogens with two attached hydrogens (primary N) is 1. The van der Waals surface area contributed by atoms with Crippen molar-refractivity contribution in [1.29, 1.82) is 0 Å². The van der Waals surface area contributed by atoms with Crippen LogP contribution in [-0.2, 0) is 4.74 Å². The highest BCUT2D eigenvalue weighted by atomic mass is 16.6. The number of benzene rings is 2. The number of ether oxygens (including phenoxy) is 2. The zero-order valence-corrected chi connectivity index (χ0v) is 20.1. The molecule has 33 heavy (non-hydrogen) atoms. The van der Waals surface area contributed by atoms with Crippen LogP contribution in [-0.4, -0.2) is 23.4 Å². The molecule has 0 radical (unpaired) electrons. The van der Waals surface area contributed by atoms with E-state index in [1.54, 1.807) is 0 Å². The first-order valence-corrected chi connectivity index (χ1v) is 12.0. The van der Waals surface area contributed by atoms with Crippen molar-refractivity contribution in [2.75, 3.05) is 17.7 Å². The maximum atomic E-state index is 12.3. The Hall–Kier alpha value is -3.15. The third-order valence-corrected chi connectivity index (χ3v) is 6.52. The van der Waals surface area contributed by atoms with Crippen LogP contribution in [0.5, 0.6) is 5.75 Å². The minimum Gasteiger partial charge on any atom is -0.494 e. The molecule has 2 aromatic carbocycles. The zero-order valence-electron chi connectivity index (χ0n) is 20.1. The van der Waals surface area contributed by atoms with Gasteiger partial charge in [-0.3, -0.25) is 5.32 Å². The van der Waals surface area contributed by atoms with Gasteiger partial charge in [0.15, 0.2) is 0 Å². The monoisotopic (exact) mass is 449 g/mol. The summed E-state index contributed by atoms with van der Waals surface area (Å²) in [7, 11) is 0. The number of amides is 1. The molecule has 1 aliphatic rings. The number of rotatable bonds is 8. The van der Waals surface area contributed by atoms with E-state index in [2.05, 4.69) is 36.7 Å². The molecule has 0 saturated heterocycles. The number of nitrogens with one attached hydrogen (secondary N) is 1. The summed E-state index contributed by atoms with van der Waals surface area (Å²) in [6.07, 6.45) is 4.01. The Morgan fingerprint density at radius 3 is 2.48 bits per heavy atom. The van der Waals surface area contributed by atoms with Crippen LogP contribution >= 0.6 is 0 Å². The third kappa shape index (κ3) is 4.80. The van der Waals surface area contributed by atoms with E-state index >= 15 is 0 Å². The number of nitrogens with zero attached hydrogens (tertiary/aromatic N) is 1. The standard InChI is InChI=1S/C27H35N3O3/c1-5-15-32-22-13-14-23-24(16-22)30(17(2)3)26(25(23)28)20-9-11-21(12-10-20)29-27(31)33-18(4)19-7-6-8-19/h9-14,16-19H,5-8,15,28H2,1-4H3,(H,29,31). The van der Waals surface area contributed by atoms with Gasteiger partial charge in [-0.05, 0) is 70.2 Å². The number of hydrogen-bond acceptors (Lipinski definition) is 4. The lowest BCUT2D eigenvalue weighted by Gasteiger charge is -2.30. The molecule has 1 atom stereocenters. The summed E-state index contributed by atoms with van der Waals surface area (Å²) in [5.41, 5.74) is 11.1. The summed E-state index contributed by atoms with van der Waals surface area (Å²) >= 11 is 0. The second-order valence-corrected chi connectivity index (χ2v) is 9.26. The lowest BCUT2D eigenvalue weighted by Crippen LogP contribution is -2.30. The highest BCUT2D eigenvalue weighted by Gasteiger charge is 2.26. The molecular weight excluding hydrogens is 414 g/mol. The van der Waals surface area contributed by atoms with E-state index in [0.717, 1.165) is 52.9 Å². The Bertz CT molecular complexity index is 1110. The van der Waals surface area contributed by atoms with Gasteiger partial charge in [-0.15, -0.1) is 0 Å². The molecule has 1 saturated carbocycles. The van der Waals surface area contributed by atoms with E-state index in [9.17, 15) is 4.79 Å². The summed E-state index contributed by atoms with van der Waals surface area (Å²) < 4.78 is 13.6. The van der Waals surface area contributed by atoms with Crippen LogP contribution in [0.15, 0.2) is 42.5 Å². The zero-order chi connectivity index (χ0) is 23.5. The summed E-state index contributed by atoms with van der Waals surface area (Å²) in [6, 6.07) is 14.1. The molecule has 176 valence electrons. The van der Waals surface area contributed by atoms with Crippen LogP contribution < -0.4 is 15.8 Å². The molecule has 0 aliphatic heterocycles. The quantitative estimate of drug-likeness (QED) is 0.388. The number of hydrogen-bond donors (Lipinski definition) is 2. The molecule has 6 nitrogen and oxygen atoms in total. The van der Waals surface area contributed by atoms with Crippen molar-refractivity contribution in [3.05, 3.63) is 42.5 Å². The van der Waals surface area contributed by atoms with Gasteiger partial charge in [0.25, 0.3) is 0 Å². The predicted octanol–water partition coefficient (Wildman–Crippen LogP) is 7.00. The van der Waals surface area contributed by atoms with Gasteiger partial charge in [-0.1, -0.05) is 25.5 Å². The highest BCUT2D eigenvalue weighted by Crippen LogP contribution is 2.40. The molecule has 3 aromatic rings.